The number of furan rings is 1. The standard InChI is InChI=1S/C17H27N3O3.HI/c1-3-18-15(19-11-16(2,21)14-5-4-9-23-14)20-8-6-17(12-20)7-10-22-13-17;/h4-5,9,21H,3,6-8,10-13H2,1-2H3,(H,18,19);1H. The molecule has 0 aromatic carbocycles. The first kappa shape index (κ1) is 19.5. The fraction of sp³-hybridized carbons (Fsp3) is 0.706. The van der Waals surface area contributed by atoms with Crippen molar-refractivity contribution in [2.75, 3.05) is 39.4 Å². The van der Waals surface area contributed by atoms with E-state index in [4.69, 9.17) is 9.15 Å². The van der Waals surface area contributed by atoms with Crippen molar-refractivity contribution in [2.45, 2.75) is 32.3 Å². The van der Waals surface area contributed by atoms with Crippen molar-refractivity contribution in [2.24, 2.45) is 10.4 Å². The van der Waals surface area contributed by atoms with Gasteiger partial charge in [0, 0.05) is 31.7 Å². The number of likely N-dealkylation sites (tertiary alicyclic amines) is 1. The maximum Gasteiger partial charge on any atom is 0.194 e. The summed E-state index contributed by atoms with van der Waals surface area (Å²) in [5, 5.41) is 13.9. The maximum absolute atomic E-state index is 10.6. The van der Waals surface area contributed by atoms with E-state index in [9.17, 15) is 5.11 Å². The Labute approximate surface area is 160 Å². The van der Waals surface area contributed by atoms with Gasteiger partial charge in [-0.3, -0.25) is 0 Å². The second-order valence-corrected chi connectivity index (χ2v) is 6.90. The summed E-state index contributed by atoms with van der Waals surface area (Å²) < 4.78 is 10.9. The first-order chi connectivity index (χ1) is 11.0. The van der Waals surface area contributed by atoms with Gasteiger partial charge in [0.05, 0.1) is 19.4 Å². The van der Waals surface area contributed by atoms with Crippen LogP contribution in [0.15, 0.2) is 27.8 Å². The molecule has 0 aliphatic carbocycles. The second kappa shape index (κ2) is 8.05. The summed E-state index contributed by atoms with van der Waals surface area (Å²) in [7, 11) is 0. The van der Waals surface area contributed by atoms with Crippen LogP contribution in [0.1, 0.15) is 32.4 Å². The number of rotatable bonds is 4. The monoisotopic (exact) mass is 449 g/mol. The van der Waals surface area contributed by atoms with Crippen molar-refractivity contribution in [3.63, 3.8) is 0 Å². The van der Waals surface area contributed by atoms with E-state index < -0.39 is 5.60 Å². The lowest BCUT2D eigenvalue weighted by molar-refractivity contribution is 0.0434. The highest BCUT2D eigenvalue weighted by Crippen LogP contribution is 2.38. The van der Waals surface area contributed by atoms with Crippen molar-refractivity contribution in [3.8, 4) is 0 Å². The highest BCUT2D eigenvalue weighted by molar-refractivity contribution is 14.0. The normalized spacial score (nSPS) is 26.5. The summed E-state index contributed by atoms with van der Waals surface area (Å²) in [4.78, 5) is 6.95. The molecular formula is C17H28IN3O3. The van der Waals surface area contributed by atoms with Crippen LogP contribution in [0.4, 0.5) is 0 Å². The largest absolute Gasteiger partial charge is 0.466 e. The molecule has 1 spiro atoms. The van der Waals surface area contributed by atoms with Crippen LogP contribution in [-0.2, 0) is 10.3 Å². The summed E-state index contributed by atoms with van der Waals surface area (Å²) in [6.45, 7) is 8.55. The minimum atomic E-state index is -1.10. The molecule has 2 atom stereocenters. The Morgan fingerprint density at radius 3 is 2.96 bits per heavy atom. The number of nitrogens with zero attached hydrogens (tertiary/aromatic N) is 2. The van der Waals surface area contributed by atoms with E-state index in [1.54, 1.807) is 25.3 Å². The molecule has 2 fully saturated rings. The van der Waals surface area contributed by atoms with E-state index in [1.807, 2.05) is 0 Å². The van der Waals surface area contributed by atoms with Crippen LogP contribution in [-0.4, -0.2) is 55.4 Å². The Morgan fingerprint density at radius 2 is 2.33 bits per heavy atom. The fourth-order valence-electron chi connectivity index (χ4n) is 3.40. The number of hydrogen-bond donors (Lipinski definition) is 2. The Balaban J connectivity index is 0.00000208. The molecule has 0 radical (unpaired) electrons. The van der Waals surface area contributed by atoms with Crippen LogP contribution in [0.5, 0.6) is 0 Å². The van der Waals surface area contributed by atoms with Crippen LogP contribution in [0, 0.1) is 5.41 Å². The Kier molecular flexibility index (Phi) is 6.55. The molecule has 7 heteroatoms. The van der Waals surface area contributed by atoms with Crippen LogP contribution in [0.3, 0.4) is 0 Å². The zero-order valence-electron chi connectivity index (χ0n) is 14.5. The lowest BCUT2D eigenvalue weighted by Gasteiger charge is -2.26. The van der Waals surface area contributed by atoms with Gasteiger partial charge in [-0.1, -0.05) is 0 Å². The van der Waals surface area contributed by atoms with E-state index in [2.05, 4.69) is 22.1 Å². The smallest absolute Gasteiger partial charge is 0.194 e. The number of halogens is 1. The molecule has 3 heterocycles. The van der Waals surface area contributed by atoms with E-state index in [-0.39, 0.29) is 30.5 Å². The molecule has 1 aromatic rings. The summed E-state index contributed by atoms with van der Waals surface area (Å²) in [6.07, 6.45) is 3.85. The molecule has 2 aliphatic rings. The summed E-state index contributed by atoms with van der Waals surface area (Å²) >= 11 is 0. The topological polar surface area (TPSA) is 70.2 Å². The van der Waals surface area contributed by atoms with Gasteiger partial charge >= 0.3 is 0 Å². The average Bonchev–Trinajstić information content (AvgIpc) is 3.27. The molecule has 136 valence electrons. The second-order valence-electron chi connectivity index (χ2n) is 6.90. The van der Waals surface area contributed by atoms with Crippen LogP contribution in [0.2, 0.25) is 0 Å². The predicted molar refractivity (Wildman–Crippen MR) is 104 cm³/mol. The molecule has 2 N–H and O–H groups in total. The number of ether oxygens (including phenoxy) is 1. The van der Waals surface area contributed by atoms with Crippen molar-refractivity contribution in [3.05, 3.63) is 24.2 Å². The third-order valence-corrected chi connectivity index (χ3v) is 4.85. The number of hydrogen-bond acceptors (Lipinski definition) is 4. The summed E-state index contributed by atoms with van der Waals surface area (Å²) in [6, 6.07) is 3.56. The van der Waals surface area contributed by atoms with Gasteiger partial charge in [0.15, 0.2) is 5.96 Å². The van der Waals surface area contributed by atoms with Gasteiger partial charge in [-0.15, -0.1) is 24.0 Å². The quantitative estimate of drug-likeness (QED) is 0.419. The van der Waals surface area contributed by atoms with Crippen molar-refractivity contribution < 1.29 is 14.3 Å². The molecule has 1 aromatic heterocycles. The maximum atomic E-state index is 10.6. The first-order valence-corrected chi connectivity index (χ1v) is 8.42. The lowest BCUT2D eigenvalue weighted by atomic mass is 9.87. The number of guanidine groups is 1. The average molecular weight is 449 g/mol. The molecule has 0 bridgehead atoms. The van der Waals surface area contributed by atoms with Crippen LogP contribution >= 0.6 is 24.0 Å². The van der Waals surface area contributed by atoms with Gasteiger partial charge in [-0.05, 0) is 38.8 Å². The zero-order valence-corrected chi connectivity index (χ0v) is 16.8. The first-order valence-electron chi connectivity index (χ1n) is 8.42. The minimum absolute atomic E-state index is 0. The van der Waals surface area contributed by atoms with Gasteiger partial charge in [-0.25, -0.2) is 4.99 Å². The molecule has 2 aliphatic heterocycles. The number of aliphatic hydroxyl groups is 1. The fourth-order valence-corrected chi connectivity index (χ4v) is 3.40. The highest BCUT2D eigenvalue weighted by atomic mass is 127. The predicted octanol–water partition coefficient (Wildman–Crippen LogP) is 2.18. The van der Waals surface area contributed by atoms with Gasteiger partial charge in [0.2, 0.25) is 0 Å². The zero-order chi connectivity index (χ0) is 16.3. The van der Waals surface area contributed by atoms with Gasteiger partial charge in [-0.2, -0.15) is 0 Å². The van der Waals surface area contributed by atoms with Gasteiger partial charge < -0.3 is 24.5 Å². The number of nitrogens with one attached hydrogen (secondary N) is 1. The molecule has 3 rings (SSSR count). The third-order valence-electron chi connectivity index (χ3n) is 4.85. The molecule has 24 heavy (non-hydrogen) atoms. The van der Waals surface area contributed by atoms with Crippen LogP contribution < -0.4 is 5.32 Å². The Hall–Kier alpha value is -0.800. The van der Waals surface area contributed by atoms with E-state index in [1.165, 1.54) is 0 Å². The summed E-state index contributed by atoms with van der Waals surface area (Å²) in [5.41, 5.74) is -0.808. The summed E-state index contributed by atoms with van der Waals surface area (Å²) in [5.74, 6) is 1.40. The molecule has 2 unspecified atom stereocenters. The minimum Gasteiger partial charge on any atom is -0.466 e. The van der Waals surface area contributed by atoms with Gasteiger partial charge in [0.25, 0.3) is 0 Å². The van der Waals surface area contributed by atoms with E-state index in [0.717, 1.165) is 51.6 Å². The lowest BCUT2D eigenvalue weighted by Crippen LogP contribution is -2.42. The SMILES string of the molecule is CCNC(=NCC(C)(O)c1ccco1)N1CCC2(CCOC2)C1.I. The molecule has 0 amide bonds. The van der Waals surface area contributed by atoms with E-state index in [0.29, 0.717) is 11.2 Å². The van der Waals surface area contributed by atoms with Crippen molar-refractivity contribution in [1.29, 1.82) is 0 Å². The molecular weight excluding hydrogens is 421 g/mol. The van der Waals surface area contributed by atoms with Crippen LogP contribution in [0.25, 0.3) is 0 Å². The van der Waals surface area contributed by atoms with Crippen molar-refractivity contribution >= 4 is 29.9 Å². The molecule has 2 saturated heterocycles. The Morgan fingerprint density at radius 1 is 1.50 bits per heavy atom. The molecule has 0 saturated carbocycles. The Bertz CT molecular complexity index is 539. The van der Waals surface area contributed by atoms with E-state index >= 15 is 0 Å². The van der Waals surface area contributed by atoms with Crippen molar-refractivity contribution in [1.82, 2.24) is 10.2 Å². The highest BCUT2D eigenvalue weighted by Gasteiger charge is 2.42. The number of aliphatic imine (C=N–C) groups is 1. The molecule has 6 nitrogen and oxygen atoms in total. The third kappa shape index (κ3) is 4.23. The van der Waals surface area contributed by atoms with Gasteiger partial charge in [0.1, 0.15) is 11.4 Å².